The standard InChI is InChI=1S/C28H32N6O3S/c1-28(2,3)37-27(36)34-15-12-19-16-20(10-11-22(19)34)25-30-24(18-38-25)32-26(35)31-23-9-7-8-21(29-23)17-33-13-5-4-6-14-33/h7-12,15-16,18H,4-6,13-14,17H2,1-3H3,(H2,29,31,32,35). The van der Waals surface area contributed by atoms with Crippen molar-refractivity contribution in [2.45, 2.75) is 52.2 Å². The van der Waals surface area contributed by atoms with Crippen LogP contribution in [0, 0.1) is 0 Å². The number of carbonyl (C=O) groups is 2. The Bertz CT molecular complexity index is 1450. The van der Waals surface area contributed by atoms with Gasteiger partial charge >= 0.3 is 12.1 Å². The number of likely N-dealkylation sites (tertiary alicyclic amines) is 1. The number of aromatic nitrogens is 3. The maximum Gasteiger partial charge on any atom is 0.418 e. The van der Waals surface area contributed by atoms with Crippen molar-refractivity contribution in [1.29, 1.82) is 0 Å². The average Bonchev–Trinajstić information content (AvgIpc) is 3.50. The number of nitrogens with zero attached hydrogens (tertiary/aromatic N) is 4. The van der Waals surface area contributed by atoms with E-state index in [9.17, 15) is 9.59 Å². The van der Waals surface area contributed by atoms with Crippen LogP contribution in [0.3, 0.4) is 0 Å². The normalized spacial score (nSPS) is 14.4. The lowest BCUT2D eigenvalue weighted by Crippen LogP contribution is -2.29. The Labute approximate surface area is 225 Å². The molecule has 4 aromatic rings. The van der Waals surface area contributed by atoms with Crippen LogP contribution in [0.25, 0.3) is 21.5 Å². The molecule has 5 rings (SSSR count). The van der Waals surface area contributed by atoms with E-state index in [1.54, 1.807) is 17.6 Å². The van der Waals surface area contributed by atoms with E-state index >= 15 is 0 Å². The molecular formula is C28H32N6O3S. The summed E-state index contributed by atoms with van der Waals surface area (Å²) in [4.78, 5) is 36.7. The summed E-state index contributed by atoms with van der Waals surface area (Å²) < 4.78 is 6.99. The number of rotatable bonds is 5. The van der Waals surface area contributed by atoms with E-state index in [4.69, 9.17) is 4.74 Å². The fourth-order valence-electron chi connectivity index (χ4n) is 4.46. The summed E-state index contributed by atoms with van der Waals surface area (Å²) in [6.07, 6.45) is 5.03. The minimum atomic E-state index is -0.573. The van der Waals surface area contributed by atoms with Gasteiger partial charge in [-0.15, -0.1) is 11.3 Å². The van der Waals surface area contributed by atoms with E-state index < -0.39 is 17.7 Å². The Kier molecular flexibility index (Phi) is 7.44. The van der Waals surface area contributed by atoms with Crippen molar-refractivity contribution in [2.75, 3.05) is 23.7 Å². The van der Waals surface area contributed by atoms with Crippen molar-refractivity contribution < 1.29 is 14.3 Å². The first-order valence-corrected chi connectivity index (χ1v) is 13.7. The molecule has 0 atom stereocenters. The van der Waals surface area contributed by atoms with Gasteiger partial charge in [0.15, 0.2) is 0 Å². The molecule has 0 unspecified atom stereocenters. The summed E-state index contributed by atoms with van der Waals surface area (Å²) in [5.41, 5.74) is 2.02. The van der Waals surface area contributed by atoms with Gasteiger partial charge in [0.25, 0.3) is 0 Å². The fraction of sp³-hybridized carbons (Fsp3) is 0.357. The smallest absolute Gasteiger partial charge is 0.418 e. The number of fused-ring (bicyclic) bond motifs is 1. The minimum absolute atomic E-state index is 0.394. The van der Waals surface area contributed by atoms with Crippen molar-refractivity contribution in [3.05, 3.63) is 59.7 Å². The molecule has 1 fully saturated rings. The van der Waals surface area contributed by atoms with Crippen LogP contribution in [0.4, 0.5) is 21.2 Å². The summed E-state index contributed by atoms with van der Waals surface area (Å²) >= 11 is 1.43. The summed E-state index contributed by atoms with van der Waals surface area (Å²) in [6.45, 7) is 8.49. The summed E-state index contributed by atoms with van der Waals surface area (Å²) in [6, 6.07) is 12.9. The third kappa shape index (κ3) is 6.38. The lowest BCUT2D eigenvalue weighted by Gasteiger charge is -2.26. The SMILES string of the molecule is CC(C)(C)OC(=O)n1ccc2cc(-c3nc(NC(=O)Nc4cccc(CN5CCCCC5)n4)cs3)ccc21. The van der Waals surface area contributed by atoms with E-state index in [0.29, 0.717) is 11.6 Å². The van der Waals surface area contributed by atoms with E-state index in [1.807, 2.05) is 57.2 Å². The molecule has 0 bridgehead atoms. The monoisotopic (exact) mass is 532 g/mol. The predicted molar refractivity (Wildman–Crippen MR) is 151 cm³/mol. The third-order valence-corrected chi connectivity index (χ3v) is 7.05. The van der Waals surface area contributed by atoms with Gasteiger partial charge in [-0.1, -0.05) is 12.5 Å². The maximum atomic E-state index is 12.6. The van der Waals surface area contributed by atoms with Gasteiger partial charge in [-0.25, -0.2) is 19.6 Å². The van der Waals surface area contributed by atoms with Crippen molar-refractivity contribution in [3.8, 4) is 10.6 Å². The second-order valence-corrected chi connectivity index (χ2v) is 11.3. The number of anilines is 2. The highest BCUT2D eigenvalue weighted by Gasteiger charge is 2.19. The van der Waals surface area contributed by atoms with Crippen molar-refractivity contribution in [2.24, 2.45) is 0 Å². The quantitative estimate of drug-likeness (QED) is 0.301. The maximum absolute atomic E-state index is 12.6. The Morgan fingerprint density at radius 1 is 1.00 bits per heavy atom. The Balaban J connectivity index is 1.22. The van der Waals surface area contributed by atoms with E-state index in [1.165, 1.54) is 35.2 Å². The molecule has 2 N–H and O–H groups in total. The van der Waals surface area contributed by atoms with Gasteiger partial charge in [0, 0.05) is 29.1 Å². The molecule has 0 saturated carbocycles. The van der Waals surface area contributed by atoms with Crippen LogP contribution in [0.5, 0.6) is 0 Å². The molecule has 2 amide bonds. The summed E-state index contributed by atoms with van der Waals surface area (Å²) in [7, 11) is 0. The Morgan fingerprint density at radius 2 is 1.79 bits per heavy atom. The van der Waals surface area contributed by atoms with Crippen LogP contribution in [0.15, 0.2) is 54.0 Å². The van der Waals surface area contributed by atoms with Gasteiger partial charge in [-0.3, -0.25) is 20.1 Å². The van der Waals surface area contributed by atoms with Crippen LogP contribution in [-0.4, -0.2) is 50.2 Å². The highest BCUT2D eigenvalue weighted by molar-refractivity contribution is 7.13. The zero-order valence-corrected chi connectivity index (χ0v) is 22.7. The molecular weight excluding hydrogens is 500 g/mol. The topological polar surface area (TPSA) is 101 Å². The first kappa shape index (κ1) is 25.9. The molecule has 1 saturated heterocycles. The lowest BCUT2D eigenvalue weighted by molar-refractivity contribution is 0.0544. The molecule has 3 aromatic heterocycles. The van der Waals surface area contributed by atoms with Crippen LogP contribution in [0.2, 0.25) is 0 Å². The van der Waals surface area contributed by atoms with Gasteiger partial charge in [-0.2, -0.15) is 0 Å². The number of piperidine rings is 1. The molecule has 0 aliphatic carbocycles. The Hall–Kier alpha value is -3.76. The molecule has 198 valence electrons. The number of thiazole rings is 1. The minimum Gasteiger partial charge on any atom is -0.443 e. The first-order chi connectivity index (χ1) is 18.2. The third-order valence-electron chi connectivity index (χ3n) is 6.16. The first-order valence-electron chi connectivity index (χ1n) is 12.8. The molecule has 0 spiro atoms. The predicted octanol–water partition coefficient (Wildman–Crippen LogP) is 6.57. The lowest BCUT2D eigenvalue weighted by atomic mass is 10.1. The van der Waals surface area contributed by atoms with E-state index in [-0.39, 0.29) is 0 Å². The number of amides is 2. The van der Waals surface area contributed by atoms with E-state index in [0.717, 1.165) is 46.8 Å². The highest BCUT2D eigenvalue weighted by atomic mass is 32.1. The highest BCUT2D eigenvalue weighted by Crippen LogP contribution is 2.29. The van der Waals surface area contributed by atoms with Gasteiger partial charge in [-0.05, 0) is 83.1 Å². The van der Waals surface area contributed by atoms with Gasteiger partial charge < -0.3 is 4.74 Å². The molecule has 38 heavy (non-hydrogen) atoms. The van der Waals surface area contributed by atoms with Crippen LogP contribution < -0.4 is 10.6 Å². The van der Waals surface area contributed by atoms with Crippen molar-refractivity contribution in [3.63, 3.8) is 0 Å². The summed E-state index contributed by atoms with van der Waals surface area (Å²) in [5, 5.41) is 9.05. The number of hydrogen-bond acceptors (Lipinski definition) is 7. The zero-order valence-electron chi connectivity index (χ0n) is 21.9. The van der Waals surface area contributed by atoms with Crippen LogP contribution in [-0.2, 0) is 11.3 Å². The molecule has 9 nitrogen and oxygen atoms in total. The Morgan fingerprint density at radius 3 is 2.58 bits per heavy atom. The second kappa shape index (κ2) is 10.9. The van der Waals surface area contributed by atoms with Gasteiger partial charge in [0.1, 0.15) is 22.2 Å². The van der Waals surface area contributed by atoms with Crippen molar-refractivity contribution in [1.82, 2.24) is 19.4 Å². The number of nitrogens with one attached hydrogen (secondary N) is 2. The fourth-order valence-corrected chi connectivity index (χ4v) is 5.21. The number of hydrogen-bond donors (Lipinski definition) is 2. The second-order valence-electron chi connectivity index (χ2n) is 10.4. The van der Waals surface area contributed by atoms with Crippen LogP contribution >= 0.6 is 11.3 Å². The van der Waals surface area contributed by atoms with Crippen LogP contribution in [0.1, 0.15) is 45.7 Å². The molecule has 0 radical (unpaired) electrons. The molecule has 1 aliphatic heterocycles. The summed E-state index contributed by atoms with van der Waals surface area (Å²) in [5.74, 6) is 0.964. The van der Waals surface area contributed by atoms with Gasteiger partial charge in [0.2, 0.25) is 0 Å². The number of ether oxygens (including phenoxy) is 1. The molecule has 1 aliphatic rings. The number of carbonyl (C=O) groups excluding carboxylic acids is 2. The number of benzene rings is 1. The van der Waals surface area contributed by atoms with E-state index in [2.05, 4.69) is 25.5 Å². The molecule has 1 aromatic carbocycles. The van der Waals surface area contributed by atoms with Crippen molar-refractivity contribution >= 4 is 46.0 Å². The average molecular weight is 533 g/mol. The molecule has 4 heterocycles. The largest absolute Gasteiger partial charge is 0.443 e. The van der Waals surface area contributed by atoms with Gasteiger partial charge in [0.05, 0.1) is 11.2 Å². The number of pyridine rings is 1. The zero-order chi connectivity index (χ0) is 26.7. The number of urea groups is 1. The molecule has 10 heteroatoms.